The van der Waals surface area contributed by atoms with Crippen LogP contribution in [0.3, 0.4) is 0 Å². The molecule has 0 amide bonds. The summed E-state index contributed by atoms with van der Waals surface area (Å²) in [5, 5.41) is 0. The van der Waals surface area contributed by atoms with E-state index in [0.717, 1.165) is 71.6 Å². The van der Waals surface area contributed by atoms with Gasteiger partial charge < -0.3 is 0 Å². The monoisotopic (exact) mass is 564 g/mol. The highest BCUT2D eigenvalue weighted by Crippen LogP contribution is 2.34. The molecule has 0 bridgehead atoms. The van der Waals surface area contributed by atoms with Crippen molar-refractivity contribution < 1.29 is 0 Å². The molecule has 3 aliphatic rings. The third kappa shape index (κ3) is 6.01. The van der Waals surface area contributed by atoms with Crippen LogP contribution in [-0.4, -0.2) is 29.9 Å². The first-order chi connectivity index (χ1) is 20.8. The van der Waals surface area contributed by atoms with E-state index < -0.39 is 0 Å². The van der Waals surface area contributed by atoms with Gasteiger partial charge in [0.1, 0.15) is 33.1 Å². The summed E-state index contributed by atoms with van der Waals surface area (Å²) in [5.41, 5.74) is 12.5. The Balaban J connectivity index is 1.49. The van der Waals surface area contributed by atoms with Crippen LogP contribution in [0, 0.1) is 0 Å². The zero-order valence-corrected chi connectivity index (χ0v) is 25.7. The Morgan fingerprint density at radius 3 is 0.500 bits per heavy atom. The van der Waals surface area contributed by atoms with E-state index in [1.165, 1.54) is 150 Å². The molecule has 0 aliphatic heterocycles. The van der Waals surface area contributed by atoms with Crippen LogP contribution in [0.1, 0.15) is 150 Å². The highest BCUT2D eigenvalue weighted by Gasteiger charge is 2.23. The molecule has 0 unspecified atom stereocenters. The highest BCUT2D eigenvalue weighted by atomic mass is 14.9. The van der Waals surface area contributed by atoms with Crippen molar-refractivity contribution in [2.24, 2.45) is 0 Å². The van der Waals surface area contributed by atoms with Crippen LogP contribution in [0.15, 0.2) is 0 Å². The maximum absolute atomic E-state index is 5.43. The van der Waals surface area contributed by atoms with Crippen LogP contribution >= 0.6 is 0 Å². The smallest absolute Gasteiger partial charge is 0.119 e. The minimum atomic E-state index is 0.912. The Labute approximate surface area is 251 Å². The molecular weight excluding hydrogens is 516 g/mol. The molecular formula is C36H48N6. The summed E-state index contributed by atoms with van der Waals surface area (Å²) in [7, 11) is 0. The minimum Gasteiger partial charge on any atom is -0.247 e. The van der Waals surface area contributed by atoms with E-state index in [-0.39, 0.29) is 0 Å². The Bertz CT molecular complexity index is 1230. The van der Waals surface area contributed by atoms with Gasteiger partial charge in [0, 0.05) is 0 Å². The molecule has 3 aliphatic carbocycles. The number of hydrogen-bond donors (Lipinski definition) is 0. The van der Waals surface area contributed by atoms with Gasteiger partial charge in [-0.1, -0.05) is 77.0 Å². The number of hydrogen-bond acceptors (Lipinski definition) is 6. The fourth-order valence-corrected chi connectivity index (χ4v) is 7.58. The molecule has 0 saturated carbocycles. The molecule has 6 nitrogen and oxygen atoms in total. The van der Waals surface area contributed by atoms with Crippen LogP contribution in [0.5, 0.6) is 0 Å². The number of aromatic nitrogens is 6. The van der Waals surface area contributed by atoms with Crippen molar-refractivity contribution in [2.45, 2.75) is 154 Å². The van der Waals surface area contributed by atoms with Gasteiger partial charge in [-0.05, 0) is 77.0 Å². The maximum Gasteiger partial charge on any atom is 0.119 e. The van der Waals surface area contributed by atoms with Gasteiger partial charge in [-0.15, -0.1) is 0 Å². The Morgan fingerprint density at radius 2 is 0.333 bits per heavy atom. The number of fused-ring (bicyclic) bond motifs is 9. The lowest BCUT2D eigenvalue weighted by atomic mass is 9.99. The molecule has 222 valence electrons. The lowest BCUT2D eigenvalue weighted by Gasteiger charge is -2.18. The Kier molecular flexibility index (Phi) is 8.85. The van der Waals surface area contributed by atoms with Crippen molar-refractivity contribution >= 4 is 33.1 Å². The Morgan fingerprint density at radius 1 is 0.190 bits per heavy atom. The average molecular weight is 565 g/mol. The maximum atomic E-state index is 5.43. The first-order valence-corrected chi connectivity index (χ1v) is 17.6. The van der Waals surface area contributed by atoms with Gasteiger partial charge in [0.05, 0.1) is 34.2 Å². The third-order valence-electron chi connectivity index (χ3n) is 10.1. The lowest BCUT2D eigenvalue weighted by Crippen LogP contribution is -2.11. The second-order valence-electron chi connectivity index (χ2n) is 13.3. The van der Waals surface area contributed by atoms with Crippen molar-refractivity contribution in [3.63, 3.8) is 0 Å². The van der Waals surface area contributed by atoms with E-state index in [4.69, 9.17) is 29.9 Å². The average Bonchev–Trinajstić information content (AvgIpc) is 3.02. The standard InChI is InChI=1S/C36H48N6/c1-2-8-14-20-26-25(19-13-7-1)37-31-32(38-26)34-36(42-30-24-18-12-6-5-11-17-23-29(30)40-34)35-33(31)39-27-21-15-9-3-4-10-16-22-28(27)41-35/h1-24H2. The number of aryl methyl sites for hydroxylation is 6. The van der Waals surface area contributed by atoms with Gasteiger partial charge in [0.15, 0.2) is 0 Å². The summed E-state index contributed by atoms with van der Waals surface area (Å²) >= 11 is 0. The summed E-state index contributed by atoms with van der Waals surface area (Å²) in [5.74, 6) is 0. The van der Waals surface area contributed by atoms with Crippen LogP contribution in [0.25, 0.3) is 33.1 Å². The molecule has 7 rings (SSSR count). The molecule has 0 saturated heterocycles. The number of benzene rings is 1. The topological polar surface area (TPSA) is 77.3 Å². The third-order valence-corrected chi connectivity index (χ3v) is 10.1. The molecule has 3 heterocycles. The van der Waals surface area contributed by atoms with E-state index in [1.807, 2.05) is 0 Å². The van der Waals surface area contributed by atoms with Crippen LogP contribution in [-0.2, 0) is 38.5 Å². The van der Waals surface area contributed by atoms with Gasteiger partial charge in [0.25, 0.3) is 0 Å². The van der Waals surface area contributed by atoms with E-state index in [2.05, 4.69) is 0 Å². The number of nitrogens with zero attached hydrogens (tertiary/aromatic N) is 6. The van der Waals surface area contributed by atoms with E-state index in [0.29, 0.717) is 0 Å². The second-order valence-corrected chi connectivity index (χ2v) is 13.3. The molecule has 0 N–H and O–H groups in total. The molecule has 6 heteroatoms. The molecule has 0 atom stereocenters. The molecule has 3 aromatic heterocycles. The molecule has 4 aromatic rings. The fourth-order valence-electron chi connectivity index (χ4n) is 7.58. The van der Waals surface area contributed by atoms with Crippen molar-refractivity contribution in [1.82, 2.24) is 29.9 Å². The molecule has 0 radical (unpaired) electrons. The van der Waals surface area contributed by atoms with E-state index in [9.17, 15) is 0 Å². The van der Waals surface area contributed by atoms with Crippen molar-refractivity contribution in [1.29, 1.82) is 0 Å². The van der Waals surface area contributed by atoms with Gasteiger partial charge in [0.2, 0.25) is 0 Å². The summed E-state index contributed by atoms with van der Waals surface area (Å²) in [6.07, 6.45) is 28.9. The van der Waals surface area contributed by atoms with Crippen LogP contribution < -0.4 is 0 Å². The van der Waals surface area contributed by atoms with Crippen LogP contribution in [0.4, 0.5) is 0 Å². The van der Waals surface area contributed by atoms with E-state index in [1.54, 1.807) is 0 Å². The van der Waals surface area contributed by atoms with Gasteiger partial charge >= 0.3 is 0 Å². The number of rotatable bonds is 0. The van der Waals surface area contributed by atoms with Gasteiger partial charge in [-0.25, -0.2) is 29.9 Å². The zero-order chi connectivity index (χ0) is 28.1. The predicted molar refractivity (Wildman–Crippen MR) is 171 cm³/mol. The van der Waals surface area contributed by atoms with Gasteiger partial charge in [-0.2, -0.15) is 0 Å². The summed E-state index contributed by atoms with van der Waals surface area (Å²) in [6, 6.07) is 0. The predicted octanol–water partition coefficient (Wildman–Crippen LogP) is 8.83. The minimum absolute atomic E-state index is 0.912. The van der Waals surface area contributed by atoms with Crippen molar-refractivity contribution in [3.05, 3.63) is 34.2 Å². The molecule has 0 spiro atoms. The first-order valence-electron chi connectivity index (χ1n) is 17.6. The van der Waals surface area contributed by atoms with E-state index >= 15 is 0 Å². The fraction of sp³-hybridized carbons (Fsp3) is 0.667. The quantitative estimate of drug-likeness (QED) is 0.199. The second kappa shape index (κ2) is 13.3. The Hall–Kier alpha value is -2.76. The molecule has 42 heavy (non-hydrogen) atoms. The summed E-state index contributed by atoms with van der Waals surface area (Å²) in [4.78, 5) is 32.6. The van der Waals surface area contributed by atoms with Gasteiger partial charge in [-0.3, -0.25) is 0 Å². The molecule has 0 fully saturated rings. The highest BCUT2D eigenvalue weighted by molar-refractivity contribution is 6.18. The SMILES string of the molecule is C1CCCCc2nc3c(nc2CCC1)c1nc2c(nc1c1nc4c(nc31)CCCCCCCC4)CCCCCCCC2. The summed E-state index contributed by atoms with van der Waals surface area (Å²) < 4.78 is 0. The zero-order valence-electron chi connectivity index (χ0n) is 25.7. The normalized spacial score (nSPS) is 20.0. The largest absolute Gasteiger partial charge is 0.247 e. The summed E-state index contributed by atoms with van der Waals surface area (Å²) in [6.45, 7) is 0. The van der Waals surface area contributed by atoms with Crippen molar-refractivity contribution in [2.75, 3.05) is 0 Å². The van der Waals surface area contributed by atoms with Crippen LogP contribution in [0.2, 0.25) is 0 Å². The molecule has 1 aromatic carbocycles. The van der Waals surface area contributed by atoms with Crippen molar-refractivity contribution in [3.8, 4) is 0 Å². The lowest BCUT2D eigenvalue weighted by molar-refractivity contribution is 0.572. The first kappa shape index (κ1) is 28.0.